The molecule has 3 N–H and O–H groups in total. The molecule has 0 aliphatic rings. The van der Waals surface area contributed by atoms with Crippen molar-refractivity contribution in [3.63, 3.8) is 0 Å². The molecule has 1 aromatic rings. The number of hydrogen-bond acceptors (Lipinski definition) is 6. The fraction of sp³-hybridized carbons (Fsp3) is 0.273. The van der Waals surface area contributed by atoms with Crippen molar-refractivity contribution in [3.8, 4) is 11.5 Å². The van der Waals surface area contributed by atoms with Crippen molar-refractivity contribution in [2.24, 2.45) is 0 Å². The summed E-state index contributed by atoms with van der Waals surface area (Å²) in [6, 6.07) is 3.73. The van der Waals surface area contributed by atoms with E-state index in [0.29, 0.717) is 0 Å². The molecule has 98 valence electrons. The Morgan fingerprint density at radius 1 is 1.11 bits per heavy atom. The van der Waals surface area contributed by atoms with E-state index in [4.69, 9.17) is 0 Å². The molecule has 0 spiro atoms. The first kappa shape index (κ1) is 13.8. The van der Waals surface area contributed by atoms with Crippen molar-refractivity contribution in [1.82, 2.24) is 0 Å². The maximum absolute atomic E-state index is 10.5. The number of carbonyl (C=O) groups is 2. The minimum Gasteiger partial charge on any atom is -0.544 e. The summed E-state index contributed by atoms with van der Waals surface area (Å²) in [6.07, 6.45) is 0. The molecule has 0 saturated carbocycles. The summed E-state index contributed by atoms with van der Waals surface area (Å²) in [5.41, 5.74) is 0.243. The highest BCUT2D eigenvalue weighted by atomic mass is 16.4. The van der Waals surface area contributed by atoms with Gasteiger partial charge >= 0.3 is 0 Å². The van der Waals surface area contributed by atoms with Crippen LogP contribution in [0.5, 0.6) is 11.5 Å². The van der Waals surface area contributed by atoms with Crippen LogP contribution in [0.1, 0.15) is 5.56 Å². The Morgan fingerprint density at radius 2 is 1.67 bits per heavy atom. The molecule has 1 aromatic carbocycles. The zero-order valence-corrected chi connectivity index (χ0v) is 9.38. The first-order valence-electron chi connectivity index (χ1n) is 5.12. The number of carboxylic acid groups (broad SMARTS) is 2. The van der Waals surface area contributed by atoms with E-state index in [-0.39, 0.29) is 28.5 Å². The largest absolute Gasteiger partial charge is 0.544 e. The predicted molar refractivity (Wildman–Crippen MR) is 54.2 cm³/mol. The van der Waals surface area contributed by atoms with Gasteiger partial charge < -0.3 is 34.9 Å². The van der Waals surface area contributed by atoms with Crippen molar-refractivity contribution in [2.75, 3.05) is 13.1 Å². The number of aromatic hydroxyl groups is 2. The van der Waals surface area contributed by atoms with Gasteiger partial charge in [-0.1, -0.05) is 0 Å². The second-order valence-electron chi connectivity index (χ2n) is 3.84. The average Bonchev–Trinajstić information content (AvgIpc) is 2.21. The molecule has 0 amide bonds. The average molecular weight is 254 g/mol. The van der Waals surface area contributed by atoms with E-state index in [1.54, 1.807) is 0 Å². The highest BCUT2D eigenvalue weighted by Gasteiger charge is 2.13. The van der Waals surface area contributed by atoms with E-state index in [0.717, 1.165) is 0 Å². The number of rotatable bonds is 6. The quantitative estimate of drug-likeness (QED) is 0.444. The van der Waals surface area contributed by atoms with Crippen molar-refractivity contribution in [1.29, 1.82) is 0 Å². The first-order valence-corrected chi connectivity index (χ1v) is 5.12. The fourth-order valence-corrected chi connectivity index (χ4v) is 1.58. The lowest BCUT2D eigenvalue weighted by atomic mass is 10.1. The molecular weight excluding hydrogens is 242 g/mol. The molecule has 0 fully saturated rings. The molecule has 0 aliphatic heterocycles. The molecule has 0 unspecified atom stereocenters. The Hall–Kier alpha value is -2.28. The molecule has 18 heavy (non-hydrogen) atoms. The van der Waals surface area contributed by atoms with Crippen LogP contribution in [0.4, 0.5) is 0 Å². The van der Waals surface area contributed by atoms with E-state index in [1.807, 2.05) is 0 Å². The monoisotopic (exact) mass is 254 g/mol. The van der Waals surface area contributed by atoms with Crippen molar-refractivity contribution in [2.45, 2.75) is 6.54 Å². The third-order valence-corrected chi connectivity index (χ3v) is 2.29. The molecule has 0 aromatic heterocycles. The van der Waals surface area contributed by atoms with E-state index >= 15 is 0 Å². The zero-order valence-electron chi connectivity index (χ0n) is 9.38. The van der Waals surface area contributed by atoms with E-state index in [2.05, 4.69) is 0 Å². The van der Waals surface area contributed by atoms with Gasteiger partial charge in [-0.25, -0.2) is 0 Å². The number of carbonyl (C=O) groups excluding carboxylic acids is 2. The molecule has 0 atom stereocenters. The number of phenolic OH excluding ortho intramolecular Hbond substituents is 2. The number of phenols is 2. The van der Waals surface area contributed by atoms with Gasteiger partial charge in [0.15, 0.2) is 0 Å². The van der Waals surface area contributed by atoms with Gasteiger partial charge in [-0.2, -0.15) is 0 Å². The number of benzene rings is 1. The maximum atomic E-state index is 10.5. The highest BCUT2D eigenvalue weighted by molar-refractivity contribution is 5.67. The molecule has 7 heteroatoms. The Kier molecular flexibility index (Phi) is 4.50. The molecule has 0 radical (unpaired) electrons. The topological polar surface area (TPSA) is 125 Å². The van der Waals surface area contributed by atoms with Gasteiger partial charge in [-0.3, -0.25) is 0 Å². The Balaban J connectivity index is 2.84. The molecule has 0 heterocycles. The second kappa shape index (κ2) is 5.87. The molecule has 7 nitrogen and oxygen atoms in total. The minimum atomic E-state index is -1.41. The summed E-state index contributed by atoms with van der Waals surface area (Å²) in [4.78, 5) is 21.1. The lowest BCUT2D eigenvalue weighted by Crippen LogP contribution is -3.13. The van der Waals surface area contributed by atoms with Gasteiger partial charge in [0, 0.05) is 0 Å². The van der Waals surface area contributed by atoms with Crippen LogP contribution in [-0.2, 0) is 16.1 Å². The van der Waals surface area contributed by atoms with Crippen LogP contribution in [0, 0.1) is 0 Å². The molecular formula is C11H12NO6-. The summed E-state index contributed by atoms with van der Waals surface area (Å²) in [5, 5.41) is 39.7. The minimum absolute atomic E-state index is 0.0812. The van der Waals surface area contributed by atoms with Gasteiger partial charge in [0.25, 0.3) is 0 Å². The van der Waals surface area contributed by atoms with Crippen molar-refractivity contribution >= 4 is 11.9 Å². The third-order valence-electron chi connectivity index (χ3n) is 2.29. The van der Waals surface area contributed by atoms with E-state index in [1.165, 1.54) is 18.2 Å². The van der Waals surface area contributed by atoms with E-state index < -0.39 is 25.0 Å². The normalized spacial score (nSPS) is 10.5. The first-order chi connectivity index (χ1) is 8.38. The van der Waals surface area contributed by atoms with Crippen LogP contribution >= 0.6 is 0 Å². The van der Waals surface area contributed by atoms with Gasteiger partial charge in [0.2, 0.25) is 0 Å². The number of hydrogen-bond donors (Lipinski definition) is 3. The second-order valence-corrected chi connectivity index (χ2v) is 3.84. The third kappa shape index (κ3) is 4.30. The van der Waals surface area contributed by atoms with Gasteiger partial charge in [0.05, 0.1) is 17.5 Å². The van der Waals surface area contributed by atoms with Crippen LogP contribution in [-0.4, -0.2) is 35.2 Å². The summed E-state index contributed by atoms with van der Waals surface area (Å²) >= 11 is 0. The lowest BCUT2D eigenvalue weighted by Gasteiger charge is -2.20. The smallest absolute Gasteiger partial charge is 0.124 e. The Morgan fingerprint density at radius 3 is 2.17 bits per heavy atom. The van der Waals surface area contributed by atoms with Crippen molar-refractivity contribution in [3.05, 3.63) is 23.8 Å². The lowest BCUT2D eigenvalue weighted by molar-refractivity contribution is -0.902. The molecule has 0 aliphatic carbocycles. The highest BCUT2D eigenvalue weighted by Crippen LogP contribution is 2.20. The van der Waals surface area contributed by atoms with Crippen LogP contribution in [0.15, 0.2) is 18.2 Å². The van der Waals surface area contributed by atoms with Crippen molar-refractivity contribution < 1.29 is 34.9 Å². The standard InChI is InChI=1S/C11H13NO6/c13-8-1-2-9(14)7(3-8)4-12(5-10(15)16)6-11(17)18/h1-3,13-14H,4-6H2,(H,15,16)(H,17,18)/p-1. The summed E-state index contributed by atoms with van der Waals surface area (Å²) in [7, 11) is 0. The van der Waals surface area contributed by atoms with Crippen LogP contribution in [0.2, 0.25) is 0 Å². The summed E-state index contributed by atoms with van der Waals surface area (Å²) in [6.45, 7) is -1.16. The maximum Gasteiger partial charge on any atom is 0.124 e. The van der Waals surface area contributed by atoms with Gasteiger partial charge in [-0.15, -0.1) is 0 Å². The van der Waals surface area contributed by atoms with Gasteiger partial charge in [0.1, 0.15) is 31.1 Å². The summed E-state index contributed by atoms with van der Waals surface area (Å²) in [5.74, 6) is -3.08. The van der Waals surface area contributed by atoms with Crippen LogP contribution < -0.4 is 15.1 Å². The van der Waals surface area contributed by atoms with Crippen LogP contribution in [0.3, 0.4) is 0 Å². The summed E-state index contributed by atoms with van der Waals surface area (Å²) < 4.78 is 0. The van der Waals surface area contributed by atoms with Crippen LogP contribution in [0.25, 0.3) is 0 Å². The zero-order chi connectivity index (χ0) is 13.7. The molecule has 0 bridgehead atoms. The Labute approximate surface area is 103 Å². The molecule has 1 rings (SSSR count). The molecule has 0 saturated heterocycles. The Bertz CT molecular complexity index is 443. The van der Waals surface area contributed by atoms with Gasteiger partial charge in [-0.05, 0) is 18.2 Å². The fourth-order valence-electron chi connectivity index (χ4n) is 1.58. The number of aliphatic carboxylic acids is 2. The SMILES string of the molecule is O=C([O-])C[NH+](CC(=O)[O-])Cc1cc(O)ccc1O. The predicted octanol–water partition coefficient (Wildman–Crippen LogP) is -4.02. The number of quaternary nitrogens is 1. The number of carboxylic acids is 2. The number of nitrogens with one attached hydrogen (secondary N) is 1. The van der Waals surface area contributed by atoms with E-state index in [9.17, 15) is 30.0 Å².